The first-order valence-corrected chi connectivity index (χ1v) is 6.38. The van der Waals surface area contributed by atoms with Gasteiger partial charge in [-0.1, -0.05) is 0 Å². The number of carbonyl (C=O) groups is 1. The Bertz CT molecular complexity index is 416. The van der Waals surface area contributed by atoms with Gasteiger partial charge in [0.05, 0.1) is 6.04 Å². The lowest BCUT2D eigenvalue weighted by Gasteiger charge is -2.24. The molecule has 4 heteroatoms. The van der Waals surface area contributed by atoms with E-state index in [1.165, 1.54) is 5.69 Å². The molecule has 1 atom stereocenters. The van der Waals surface area contributed by atoms with E-state index in [0.717, 1.165) is 25.2 Å². The van der Waals surface area contributed by atoms with Crippen molar-refractivity contribution in [3.63, 3.8) is 0 Å². The number of nitrogens with zero attached hydrogens (tertiary/aromatic N) is 2. The van der Waals surface area contributed by atoms with Gasteiger partial charge in [-0.3, -0.25) is 4.79 Å². The molecule has 0 radical (unpaired) electrons. The maximum atomic E-state index is 11.4. The van der Waals surface area contributed by atoms with Gasteiger partial charge in [0.2, 0.25) is 5.91 Å². The molecule has 0 bridgehead atoms. The van der Waals surface area contributed by atoms with Crippen LogP contribution in [0.2, 0.25) is 0 Å². The molecule has 1 aromatic carbocycles. The van der Waals surface area contributed by atoms with Crippen molar-refractivity contribution in [2.24, 2.45) is 0 Å². The molecule has 98 valence electrons. The highest BCUT2D eigenvalue weighted by atomic mass is 16.2. The summed E-state index contributed by atoms with van der Waals surface area (Å²) in [4.78, 5) is 15.5. The highest BCUT2D eigenvalue weighted by Gasteiger charge is 2.26. The van der Waals surface area contributed by atoms with Gasteiger partial charge in [0.25, 0.3) is 0 Å². The second-order valence-electron chi connectivity index (χ2n) is 4.82. The summed E-state index contributed by atoms with van der Waals surface area (Å²) >= 11 is 0. The summed E-state index contributed by atoms with van der Waals surface area (Å²) in [6, 6.07) is 8.75. The minimum absolute atomic E-state index is 0.146. The number of carbonyl (C=O) groups excluding carboxylic acids is 1. The van der Waals surface area contributed by atoms with Crippen molar-refractivity contribution in [2.75, 3.05) is 37.4 Å². The third kappa shape index (κ3) is 2.58. The van der Waals surface area contributed by atoms with Crippen LogP contribution in [0, 0.1) is 0 Å². The SMILES string of the molecule is CNc1ccc(N2CCC(N(C)C(C)=O)C2)cc1. The minimum Gasteiger partial charge on any atom is -0.388 e. The molecule has 1 fully saturated rings. The van der Waals surface area contributed by atoms with Gasteiger partial charge in [0.1, 0.15) is 0 Å². The monoisotopic (exact) mass is 247 g/mol. The Labute approximate surface area is 109 Å². The van der Waals surface area contributed by atoms with Crippen LogP contribution in [0.5, 0.6) is 0 Å². The average molecular weight is 247 g/mol. The molecule has 1 N–H and O–H groups in total. The fraction of sp³-hybridized carbons (Fsp3) is 0.500. The van der Waals surface area contributed by atoms with E-state index >= 15 is 0 Å². The van der Waals surface area contributed by atoms with Gasteiger partial charge in [0.15, 0.2) is 0 Å². The zero-order valence-electron chi connectivity index (χ0n) is 11.3. The smallest absolute Gasteiger partial charge is 0.219 e. The van der Waals surface area contributed by atoms with Crippen molar-refractivity contribution in [3.05, 3.63) is 24.3 Å². The molecular formula is C14H21N3O. The molecule has 0 aromatic heterocycles. The molecule has 1 aliphatic heterocycles. The highest BCUT2D eigenvalue weighted by molar-refractivity contribution is 5.73. The van der Waals surface area contributed by atoms with E-state index in [1.54, 1.807) is 6.92 Å². The Hall–Kier alpha value is -1.71. The lowest BCUT2D eigenvalue weighted by atomic mass is 10.2. The second-order valence-corrected chi connectivity index (χ2v) is 4.82. The van der Waals surface area contributed by atoms with E-state index in [4.69, 9.17) is 0 Å². The summed E-state index contributed by atoms with van der Waals surface area (Å²) in [6.07, 6.45) is 1.05. The van der Waals surface area contributed by atoms with Gasteiger partial charge >= 0.3 is 0 Å². The predicted molar refractivity (Wildman–Crippen MR) is 75.1 cm³/mol. The van der Waals surface area contributed by atoms with Crippen LogP contribution in [-0.4, -0.2) is 44.0 Å². The lowest BCUT2D eigenvalue weighted by molar-refractivity contribution is -0.129. The molecule has 18 heavy (non-hydrogen) atoms. The maximum Gasteiger partial charge on any atom is 0.219 e. The number of hydrogen-bond donors (Lipinski definition) is 1. The van der Waals surface area contributed by atoms with Gasteiger partial charge in [0, 0.05) is 45.5 Å². The van der Waals surface area contributed by atoms with Crippen molar-refractivity contribution in [2.45, 2.75) is 19.4 Å². The Morgan fingerprint density at radius 2 is 2.06 bits per heavy atom. The maximum absolute atomic E-state index is 11.4. The average Bonchev–Trinajstić information content (AvgIpc) is 2.87. The van der Waals surface area contributed by atoms with Crippen molar-refractivity contribution in [3.8, 4) is 0 Å². The third-order valence-electron chi connectivity index (χ3n) is 3.73. The van der Waals surface area contributed by atoms with E-state index in [2.05, 4.69) is 34.5 Å². The van der Waals surface area contributed by atoms with Crippen LogP contribution in [0.4, 0.5) is 11.4 Å². The van der Waals surface area contributed by atoms with Crippen LogP contribution in [0.25, 0.3) is 0 Å². The summed E-state index contributed by atoms with van der Waals surface area (Å²) in [5.41, 5.74) is 2.35. The van der Waals surface area contributed by atoms with Crippen LogP contribution in [0.1, 0.15) is 13.3 Å². The zero-order valence-corrected chi connectivity index (χ0v) is 11.3. The minimum atomic E-state index is 0.146. The molecule has 4 nitrogen and oxygen atoms in total. The third-order valence-corrected chi connectivity index (χ3v) is 3.73. The van der Waals surface area contributed by atoms with Crippen LogP contribution in [0.15, 0.2) is 24.3 Å². The summed E-state index contributed by atoms with van der Waals surface area (Å²) in [5, 5.41) is 3.12. The number of amides is 1. The molecule has 0 aliphatic carbocycles. The van der Waals surface area contributed by atoms with E-state index < -0.39 is 0 Å². The molecule has 1 aliphatic rings. The fourth-order valence-electron chi connectivity index (χ4n) is 2.39. The largest absolute Gasteiger partial charge is 0.388 e. The Kier molecular flexibility index (Phi) is 3.75. The normalized spacial score (nSPS) is 18.8. The first-order chi connectivity index (χ1) is 8.61. The summed E-state index contributed by atoms with van der Waals surface area (Å²) in [6.45, 7) is 3.57. The van der Waals surface area contributed by atoms with E-state index in [1.807, 2.05) is 19.0 Å². The molecule has 1 aromatic rings. The number of likely N-dealkylation sites (N-methyl/N-ethyl adjacent to an activating group) is 1. The summed E-state index contributed by atoms with van der Waals surface area (Å²) < 4.78 is 0. The van der Waals surface area contributed by atoms with Gasteiger partial charge in [-0.15, -0.1) is 0 Å². The fourth-order valence-corrected chi connectivity index (χ4v) is 2.39. The Morgan fingerprint density at radius 3 is 2.61 bits per heavy atom. The van der Waals surface area contributed by atoms with Gasteiger partial charge in [-0.05, 0) is 30.7 Å². The van der Waals surface area contributed by atoms with Crippen LogP contribution < -0.4 is 10.2 Å². The van der Waals surface area contributed by atoms with Crippen LogP contribution in [0.3, 0.4) is 0 Å². The number of hydrogen-bond acceptors (Lipinski definition) is 3. The highest BCUT2D eigenvalue weighted by Crippen LogP contribution is 2.24. The zero-order chi connectivity index (χ0) is 13.1. The number of rotatable bonds is 3. The summed E-state index contributed by atoms with van der Waals surface area (Å²) in [5.74, 6) is 0.146. The molecule has 1 saturated heterocycles. The predicted octanol–water partition coefficient (Wildman–Crippen LogP) is 1.79. The standard InChI is InChI=1S/C14H21N3O/c1-11(18)16(3)14-8-9-17(10-14)13-6-4-12(15-2)5-7-13/h4-7,14-15H,8-10H2,1-3H3. The van der Waals surface area contributed by atoms with Crippen molar-refractivity contribution < 1.29 is 4.79 Å². The molecule has 1 heterocycles. The number of benzene rings is 1. The first kappa shape index (κ1) is 12.7. The Morgan fingerprint density at radius 1 is 1.39 bits per heavy atom. The topological polar surface area (TPSA) is 35.6 Å². The van der Waals surface area contributed by atoms with Crippen molar-refractivity contribution in [1.82, 2.24) is 4.90 Å². The Balaban J connectivity index is 2.01. The molecule has 1 amide bonds. The van der Waals surface area contributed by atoms with E-state index in [-0.39, 0.29) is 5.91 Å². The summed E-state index contributed by atoms with van der Waals surface area (Å²) in [7, 11) is 3.81. The lowest BCUT2D eigenvalue weighted by Crippen LogP contribution is -2.37. The number of anilines is 2. The molecule has 0 spiro atoms. The molecule has 0 saturated carbocycles. The van der Waals surface area contributed by atoms with E-state index in [9.17, 15) is 4.79 Å². The van der Waals surface area contributed by atoms with E-state index in [0.29, 0.717) is 6.04 Å². The van der Waals surface area contributed by atoms with Crippen molar-refractivity contribution in [1.29, 1.82) is 0 Å². The first-order valence-electron chi connectivity index (χ1n) is 6.38. The van der Waals surface area contributed by atoms with Gasteiger partial charge < -0.3 is 15.1 Å². The van der Waals surface area contributed by atoms with Gasteiger partial charge in [-0.2, -0.15) is 0 Å². The van der Waals surface area contributed by atoms with Gasteiger partial charge in [-0.25, -0.2) is 0 Å². The second kappa shape index (κ2) is 5.29. The molecule has 1 unspecified atom stereocenters. The quantitative estimate of drug-likeness (QED) is 0.884. The number of nitrogens with one attached hydrogen (secondary N) is 1. The van der Waals surface area contributed by atoms with Crippen molar-refractivity contribution >= 4 is 17.3 Å². The van der Waals surface area contributed by atoms with Crippen LogP contribution in [-0.2, 0) is 4.79 Å². The molecular weight excluding hydrogens is 226 g/mol. The molecule has 2 rings (SSSR count). The van der Waals surface area contributed by atoms with Crippen LogP contribution >= 0.6 is 0 Å².